The van der Waals surface area contributed by atoms with Crippen LogP contribution in [0, 0.1) is 13.8 Å². The van der Waals surface area contributed by atoms with Crippen molar-refractivity contribution in [3.05, 3.63) is 127 Å². The van der Waals surface area contributed by atoms with Crippen LogP contribution in [0.5, 0.6) is 23.5 Å². The van der Waals surface area contributed by atoms with Gasteiger partial charge in [0.2, 0.25) is 23.5 Å². The normalized spacial score (nSPS) is 12.2. The van der Waals surface area contributed by atoms with Crippen molar-refractivity contribution in [2.45, 2.75) is 78.0 Å². The van der Waals surface area contributed by atoms with Crippen LogP contribution in [0.25, 0.3) is 11.1 Å². The lowest BCUT2D eigenvalue weighted by Gasteiger charge is -2.18. The van der Waals surface area contributed by atoms with Crippen molar-refractivity contribution in [1.82, 2.24) is 41.0 Å². The maximum absolute atomic E-state index is 11.0. The summed E-state index contributed by atoms with van der Waals surface area (Å²) < 4.78 is 26.1. The second-order valence-electron chi connectivity index (χ2n) is 15.3. The minimum absolute atomic E-state index is 0.0692. The number of carboxylic acids is 2. The van der Waals surface area contributed by atoms with Gasteiger partial charge in [-0.15, -0.1) is 0 Å². The number of benzene rings is 2. The molecule has 0 aliphatic carbocycles. The summed E-state index contributed by atoms with van der Waals surface area (Å²) in [7, 11) is 0. The van der Waals surface area contributed by atoms with Gasteiger partial charge in [-0.1, -0.05) is 36.4 Å². The molecule has 66 heavy (non-hydrogen) atoms. The molecule has 0 saturated heterocycles. The number of rotatable bonds is 27. The second-order valence-corrected chi connectivity index (χ2v) is 17.0. The Bertz CT molecular complexity index is 2350. The number of aliphatic carboxylic acids is 2. The molecule has 4 aromatic heterocycles. The minimum Gasteiger partial charge on any atom is -0.481 e. The Hall–Kier alpha value is -5.90. The van der Waals surface area contributed by atoms with Crippen LogP contribution in [0.15, 0.2) is 82.0 Å². The van der Waals surface area contributed by atoms with Gasteiger partial charge in [0.25, 0.3) is 0 Å². The van der Waals surface area contributed by atoms with Crippen molar-refractivity contribution in [2.24, 2.45) is 0 Å². The maximum Gasteiger partial charge on any atom is 0.306 e. The fourth-order valence-corrected chi connectivity index (χ4v) is 7.87. The lowest BCUT2D eigenvalue weighted by Crippen LogP contribution is -2.28. The van der Waals surface area contributed by atoms with Crippen molar-refractivity contribution in [1.29, 1.82) is 0 Å². The van der Waals surface area contributed by atoms with E-state index in [0.29, 0.717) is 69.6 Å². The van der Waals surface area contributed by atoms with Gasteiger partial charge in [-0.2, -0.15) is 20.2 Å². The molecule has 6 aromatic rings. The summed E-state index contributed by atoms with van der Waals surface area (Å²) in [6, 6.07) is 19.5. The molecule has 0 aliphatic rings. The third-order valence-corrected chi connectivity index (χ3v) is 11.5. The van der Waals surface area contributed by atoms with E-state index in [0.717, 1.165) is 44.8 Å². The standard InChI is InChI=1S/C46H52Br2N8O10/c1-27-29(25-65-45-39(47)17-31(21-49-23-35(57)19-41(59)60)43(53-45)63-15-11-33-9-13-51-55-33)5-3-7-37(27)38-8-4-6-30(28(38)2)26-66-46-40(48)18-32(22-50-24-36(58)20-42(61)62)44(54-46)64-16-12-34-10-14-52-56-34/h3-10,13-14,17-18,35-36,49-50,57-58H,11-12,15-16,19-26H2,1-2H3,(H,51,55)(H,52,56)(H,59,60)(H,61,62). The SMILES string of the molecule is Cc1c(COc2nc(OCCc3cc[nH]n3)c(CNCC(O)CC(=O)O)cc2Br)cccc1-c1cccc(COc2nc(OCCc3cc[nH]n3)c(CNCC(O)CC(=O)O)cc2Br)c1C. The summed E-state index contributed by atoms with van der Waals surface area (Å²) in [5.41, 5.74) is 9.01. The number of hydrogen-bond donors (Lipinski definition) is 8. The van der Waals surface area contributed by atoms with Crippen molar-refractivity contribution in [2.75, 3.05) is 26.3 Å². The number of carboxylic acid groups (broad SMARTS) is 2. The molecule has 20 heteroatoms. The molecule has 6 rings (SSSR count). The number of carbonyl (C=O) groups is 2. The molecule has 350 valence electrons. The predicted molar refractivity (Wildman–Crippen MR) is 249 cm³/mol. The van der Waals surface area contributed by atoms with Crippen molar-refractivity contribution >= 4 is 43.8 Å². The largest absolute Gasteiger partial charge is 0.481 e. The first-order chi connectivity index (χ1) is 31.8. The number of halogens is 2. The molecular formula is C46H52Br2N8O10. The van der Waals surface area contributed by atoms with Crippen LogP contribution in [0.2, 0.25) is 0 Å². The highest BCUT2D eigenvalue weighted by Gasteiger charge is 2.19. The van der Waals surface area contributed by atoms with Gasteiger partial charge in [-0.25, -0.2) is 0 Å². The van der Waals surface area contributed by atoms with E-state index in [-0.39, 0.29) is 52.2 Å². The maximum atomic E-state index is 11.0. The molecule has 2 aromatic carbocycles. The van der Waals surface area contributed by atoms with Crippen LogP contribution in [-0.4, -0.2) is 101 Å². The van der Waals surface area contributed by atoms with Crippen LogP contribution in [-0.2, 0) is 48.7 Å². The number of aromatic amines is 2. The first kappa shape index (κ1) is 49.5. The Labute approximate surface area is 397 Å². The molecule has 0 saturated carbocycles. The molecule has 0 amide bonds. The van der Waals surface area contributed by atoms with E-state index in [2.05, 4.69) is 75.0 Å². The van der Waals surface area contributed by atoms with E-state index in [1.54, 1.807) is 12.4 Å². The van der Waals surface area contributed by atoms with Gasteiger partial charge in [0.05, 0.1) is 58.6 Å². The van der Waals surface area contributed by atoms with Gasteiger partial charge < -0.3 is 50.0 Å². The van der Waals surface area contributed by atoms with E-state index in [1.165, 1.54) is 0 Å². The third kappa shape index (κ3) is 14.6. The van der Waals surface area contributed by atoms with Crippen LogP contribution < -0.4 is 29.6 Å². The Balaban J connectivity index is 1.15. The van der Waals surface area contributed by atoms with Gasteiger partial charge in [-0.3, -0.25) is 19.8 Å². The van der Waals surface area contributed by atoms with Crippen molar-refractivity contribution < 1.29 is 49.0 Å². The van der Waals surface area contributed by atoms with Crippen LogP contribution in [0.4, 0.5) is 0 Å². The predicted octanol–water partition coefficient (Wildman–Crippen LogP) is 5.98. The summed E-state index contributed by atoms with van der Waals surface area (Å²) in [5, 5.41) is 58.3. The summed E-state index contributed by atoms with van der Waals surface area (Å²) in [6.07, 6.45) is 1.70. The van der Waals surface area contributed by atoms with Gasteiger partial charge in [0.1, 0.15) is 13.2 Å². The zero-order valence-corrected chi connectivity index (χ0v) is 39.5. The highest BCUT2D eigenvalue weighted by atomic mass is 79.9. The zero-order chi connectivity index (χ0) is 47.0. The van der Waals surface area contributed by atoms with Crippen LogP contribution >= 0.6 is 31.9 Å². The Morgan fingerprint density at radius 1 is 0.621 bits per heavy atom. The molecule has 0 radical (unpaired) electrons. The molecule has 18 nitrogen and oxygen atoms in total. The number of nitrogens with zero attached hydrogens (tertiary/aromatic N) is 4. The number of pyridine rings is 2. The summed E-state index contributed by atoms with van der Waals surface area (Å²) >= 11 is 7.22. The molecule has 8 N–H and O–H groups in total. The minimum atomic E-state index is -1.08. The molecule has 0 bridgehead atoms. The van der Waals surface area contributed by atoms with E-state index >= 15 is 0 Å². The topological polar surface area (TPSA) is 259 Å². The fourth-order valence-electron chi connectivity index (χ4n) is 6.91. The average Bonchev–Trinajstić information content (AvgIpc) is 4.00. The monoisotopic (exact) mass is 1030 g/mol. The molecule has 0 spiro atoms. The number of aliphatic hydroxyl groups is 2. The number of ether oxygens (including phenoxy) is 4. The van der Waals surface area contributed by atoms with E-state index < -0.39 is 24.1 Å². The van der Waals surface area contributed by atoms with Gasteiger partial charge in [-0.05, 0) is 103 Å². The molecule has 0 aliphatic heterocycles. The Kier molecular flexibility index (Phi) is 18.4. The highest BCUT2D eigenvalue weighted by molar-refractivity contribution is 9.10. The fraction of sp³-hybridized carbons (Fsp3) is 0.348. The lowest BCUT2D eigenvalue weighted by atomic mass is 9.92. The first-order valence-corrected chi connectivity index (χ1v) is 22.7. The third-order valence-electron chi connectivity index (χ3n) is 10.4. The second kappa shape index (κ2) is 24.6. The summed E-state index contributed by atoms with van der Waals surface area (Å²) in [6.45, 7) is 5.76. The molecule has 4 heterocycles. The molecular weight excluding hydrogens is 984 g/mol. The van der Waals surface area contributed by atoms with Crippen LogP contribution in [0.1, 0.15) is 57.6 Å². The molecule has 0 fully saturated rings. The molecule has 2 atom stereocenters. The average molecular weight is 1040 g/mol. The van der Waals surface area contributed by atoms with Crippen LogP contribution in [0.3, 0.4) is 0 Å². The van der Waals surface area contributed by atoms with Gasteiger partial charge in [0, 0.05) is 62.5 Å². The van der Waals surface area contributed by atoms with Crippen molar-refractivity contribution in [3.63, 3.8) is 0 Å². The summed E-state index contributed by atoms with van der Waals surface area (Å²) in [4.78, 5) is 31.5. The van der Waals surface area contributed by atoms with Gasteiger partial charge in [0.15, 0.2) is 0 Å². The Morgan fingerprint density at radius 2 is 1.05 bits per heavy atom. The van der Waals surface area contributed by atoms with E-state index in [1.807, 2.05) is 62.4 Å². The number of aliphatic hydroxyl groups excluding tert-OH is 2. The number of aromatic nitrogens is 6. The Morgan fingerprint density at radius 3 is 1.42 bits per heavy atom. The van der Waals surface area contributed by atoms with E-state index in [9.17, 15) is 19.8 Å². The first-order valence-electron chi connectivity index (χ1n) is 21.1. The number of H-pyrrole nitrogens is 2. The lowest BCUT2D eigenvalue weighted by molar-refractivity contribution is -0.140. The zero-order valence-electron chi connectivity index (χ0n) is 36.4. The number of hydrogen-bond acceptors (Lipinski definition) is 14. The summed E-state index contributed by atoms with van der Waals surface area (Å²) in [5.74, 6) is -0.855. The van der Waals surface area contributed by atoms with Crippen molar-refractivity contribution in [3.8, 4) is 34.6 Å². The highest BCUT2D eigenvalue weighted by Crippen LogP contribution is 2.35. The van der Waals surface area contributed by atoms with Gasteiger partial charge >= 0.3 is 11.9 Å². The van der Waals surface area contributed by atoms with E-state index in [4.69, 9.17) is 39.1 Å². The number of nitrogens with one attached hydrogen (secondary N) is 4. The molecule has 2 unspecified atom stereocenters. The smallest absolute Gasteiger partial charge is 0.306 e. The quantitative estimate of drug-likeness (QED) is 0.0295.